The largest absolute Gasteiger partial charge is 0.491 e. The third-order valence-corrected chi connectivity index (χ3v) is 3.41. The minimum atomic E-state index is -0.238. The molecule has 0 spiro atoms. The summed E-state index contributed by atoms with van der Waals surface area (Å²) >= 11 is 0. The van der Waals surface area contributed by atoms with Crippen molar-refractivity contribution in [1.82, 2.24) is 10.6 Å². The molecule has 0 aromatic heterocycles. The maximum atomic E-state index is 12.0. The summed E-state index contributed by atoms with van der Waals surface area (Å²) in [5.74, 6) is 0.665. The average molecular weight is 314 g/mol. The lowest BCUT2D eigenvalue weighted by Crippen LogP contribution is -2.36. The molecule has 0 saturated carbocycles. The molecule has 0 aliphatic rings. The first kappa shape index (κ1) is 16.8. The van der Waals surface area contributed by atoms with Gasteiger partial charge in [-0.2, -0.15) is 0 Å². The number of urea groups is 1. The minimum Gasteiger partial charge on any atom is -0.491 e. The Labute approximate surface area is 136 Å². The summed E-state index contributed by atoms with van der Waals surface area (Å²) in [6, 6.07) is 16.9. The Kier molecular flexibility index (Phi) is 6.44. The zero-order valence-corrected chi connectivity index (χ0v) is 13.2. The number of rotatable bonds is 7. The van der Waals surface area contributed by atoms with Crippen LogP contribution in [-0.4, -0.2) is 24.4 Å². The van der Waals surface area contributed by atoms with Crippen molar-refractivity contribution in [2.75, 3.05) is 13.2 Å². The molecule has 122 valence electrons. The molecular formula is C18H22N2O3. The van der Waals surface area contributed by atoms with Crippen molar-refractivity contribution < 1.29 is 14.6 Å². The fourth-order valence-electron chi connectivity index (χ4n) is 2.19. The van der Waals surface area contributed by atoms with Crippen molar-refractivity contribution in [2.24, 2.45) is 0 Å². The van der Waals surface area contributed by atoms with E-state index < -0.39 is 0 Å². The van der Waals surface area contributed by atoms with Gasteiger partial charge in [-0.3, -0.25) is 0 Å². The topological polar surface area (TPSA) is 70.6 Å². The van der Waals surface area contributed by atoms with Crippen molar-refractivity contribution in [3.05, 3.63) is 65.7 Å². The normalized spacial score (nSPS) is 11.6. The lowest BCUT2D eigenvalue weighted by molar-refractivity contribution is 0.200. The first-order chi connectivity index (χ1) is 11.2. The second-order valence-electron chi connectivity index (χ2n) is 5.14. The van der Waals surface area contributed by atoms with Gasteiger partial charge >= 0.3 is 6.03 Å². The highest BCUT2D eigenvalue weighted by Gasteiger charge is 2.10. The molecule has 2 amide bonds. The van der Waals surface area contributed by atoms with Crippen LogP contribution in [0.5, 0.6) is 5.75 Å². The Morgan fingerprint density at radius 3 is 2.57 bits per heavy atom. The van der Waals surface area contributed by atoms with Crippen molar-refractivity contribution in [2.45, 2.75) is 19.5 Å². The molecule has 1 atom stereocenters. The molecule has 3 N–H and O–H groups in total. The van der Waals surface area contributed by atoms with Gasteiger partial charge in [0.15, 0.2) is 0 Å². The number of hydrogen-bond donors (Lipinski definition) is 3. The highest BCUT2D eigenvalue weighted by molar-refractivity contribution is 5.74. The van der Waals surface area contributed by atoms with Crippen LogP contribution in [-0.2, 0) is 6.54 Å². The first-order valence-corrected chi connectivity index (χ1v) is 7.61. The first-order valence-electron chi connectivity index (χ1n) is 7.61. The van der Waals surface area contributed by atoms with E-state index in [9.17, 15) is 4.79 Å². The third-order valence-electron chi connectivity index (χ3n) is 3.41. The van der Waals surface area contributed by atoms with E-state index in [2.05, 4.69) is 10.6 Å². The lowest BCUT2D eigenvalue weighted by Gasteiger charge is -2.16. The predicted octanol–water partition coefficient (Wildman–Crippen LogP) is 2.62. The van der Waals surface area contributed by atoms with Gasteiger partial charge in [0, 0.05) is 12.1 Å². The molecule has 5 nitrogen and oxygen atoms in total. The van der Waals surface area contributed by atoms with Crippen LogP contribution in [0.15, 0.2) is 54.6 Å². The maximum absolute atomic E-state index is 12.0. The van der Waals surface area contributed by atoms with Crippen molar-refractivity contribution in [1.29, 1.82) is 0 Å². The SMILES string of the molecule is CC(NC(=O)NCc1ccccc1OCCO)c1ccccc1. The number of hydrogen-bond acceptors (Lipinski definition) is 3. The Bertz CT molecular complexity index is 617. The highest BCUT2D eigenvalue weighted by Crippen LogP contribution is 2.17. The maximum Gasteiger partial charge on any atom is 0.315 e. The number of amides is 2. The van der Waals surface area contributed by atoms with Crippen LogP contribution in [0.1, 0.15) is 24.1 Å². The summed E-state index contributed by atoms with van der Waals surface area (Å²) in [7, 11) is 0. The van der Waals surface area contributed by atoms with Crippen LogP contribution in [0.2, 0.25) is 0 Å². The van der Waals surface area contributed by atoms with E-state index in [0.29, 0.717) is 12.3 Å². The fraction of sp³-hybridized carbons (Fsp3) is 0.278. The Morgan fingerprint density at radius 1 is 1.13 bits per heavy atom. The average Bonchev–Trinajstić information content (AvgIpc) is 2.59. The molecule has 2 aromatic rings. The molecule has 5 heteroatoms. The molecule has 2 rings (SSSR count). The van der Waals surface area contributed by atoms with Crippen LogP contribution in [0, 0.1) is 0 Å². The van der Waals surface area contributed by atoms with E-state index >= 15 is 0 Å². The number of aliphatic hydroxyl groups is 1. The summed E-state index contributed by atoms with van der Waals surface area (Å²) < 4.78 is 5.45. The smallest absolute Gasteiger partial charge is 0.315 e. The van der Waals surface area contributed by atoms with Crippen LogP contribution in [0.4, 0.5) is 4.79 Å². The van der Waals surface area contributed by atoms with Gasteiger partial charge in [-0.15, -0.1) is 0 Å². The van der Waals surface area contributed by atoms with Crippen LogP contribution in [0.3, 0.4) is 0 Å². The molecule has 0 radical (unpaired) electrons. The van der Waals surface area contributed by atoms with Crippen LogP contribution in [0.25, 0.3) is 0 Å². The fourth-order valence-corrected chi connectivity index (χ4v) is 2.19. The molecule has 0 fully saturated rings. The third kappa shape index (κ3) is 5.30. The highest BCUT2D eigenvalue weighted by atomic mass is 16.5. The standard InChI is InChI=1S/C18H22N2O3/c1-14(15-7-3-2-4-8-15)20-18(22)19-13-16-9-5-6-10-17(16)23-12-11-21/h2-10,14,21H,11-13H2,1H3,(H2,19,20,22). The molecule has 2 aromatic carbocycles. The van der Waals surface area contributed by atoms with Gasteiger partial charge in [-0.25, -0.2) is 4.79 Å². The van der Waals surface area contributed by atoms with E-state index in [4.69, 9.17) is 9.84 Å². The van der Waals surface area contributed by atoms with E-state index in [1.807, 2.05) is 61.5 Å². The van der Waals surface area contributed by atoms with Gasteiger partial charge in [0.2, 0.25) is 0 Å². The number of ether oxygens (including phenoxy) is 1. The van der Waals surface area contributed by atoms with Crippen LogP contribution >= 0.6 is 0 Å². The second kappa shape index (κ2) is 8.80. The molecular weight excluding hydrogens is 292 g/mol. The van der Waals surface area contributed by atoms with Crippen molar-refractivity contribution >= 4 is 6.03 Å². The summed E-state index contributed by atoms with van der Waals surface area (Å²) in [5, 5.41) is 14.6. The van der Waals surface area contributed by atoms with Crippen molar-refractivity contribution in [3.63, 3.8) is 0 Å². The van der Waals surface area contributed by atoms with Crippen LogP contribution < -0.4 is 15.4 Å². The van der Waals surface area contributed by atoms with E-state index in [1.54, 1.807) is 0 Å². The molecule has 23 heavy (non-hydrogen) atoms. The zero-order valence-electron chi connectivity index (χ0n) is 13.2. The molecule has 0 saturated heterocycles. The van der Waals surface area contributed by atoms with Crippen molar-refractivity contribution in [3.8, 4) is 5.75 Å². The van der Waals surface area contributed by atoms with Gasteiger partial charge in [-0.1, -0.05) is 48.5 Å². The van der Waals surface area contributed by atoms with Gasteiger partial charge in [-0.05, 0) is 18.6 Å². The Balaban J connectivity index is 1.87. The minimum absolute atomic E-state index is 0.0448. The molecule has 1 unspecified atom stereocenters. The van der Waals surface area contributed by atoms with Gasteiger partial charge in [0.1, 0.15) is 12.4 Å². The zero-order chi connectivity index (χ0) is 16.5. The number of carbonyl (C=O) groups is 1. The van der Waals surface area contributed by atoms with Gasteiger partial charge in [0.25, 0.3) is 0 Å². The Hall–Kier alpha value is -2.53. The van der Waals surface area contributed by atoms with E-state index in [0.717, 1.165) is 11.1 Å². The Morgan fingerprint density at radius 2 is 1.83 bits per heavy atom. The monoisotopic (exact) mass is 314 g/mol. The number of para-hydroxylation sites is 1. The number of benzene rings is 2. The van der Waals surface area contributed by atoms with E-state index in [1.165, 1.54) is 0 Å². The molecule has 0 heterocycles. The molecule has 0 bridgehead atoms. The second-order valence-corrected chi connectivity index (χ2v) is 5.14. The summed E-state index contributed by atoms with van der Waals surface area (Å²) in [5.41, 5.74) is 1.91. The van der Waals surface area contributed by atoms with Gasteiger partial charge < -0.3 is 20.5 Å². The molecule has 0 aliphatic carbocycles. The van der Waals surface area contributed by atoms with E-state index in [-0.39, 0.29) is 25.3 Å². The summed E-state index contributed by atoms with van der Waals surface area (Å²) in [6.45, 7) is 2.48. The number of aliphatic hydroxyl groups excluding tert-OH is 1. The number of nitrogens with one attached hydrogen (secondary N) is 2. The summed E-state index contributed by atoms with van der Waals surface area (Å²) in [4.78, 5) is 12.0. The number of carbonyl (C=O) groups excluding carboxylic acids is 1. The van der Waals surface area contributed by atoms with Gasteiger partial charge in [0.05, 0.1) is 12.6 Å². The summed E-state index contributed by atoms with van der Waals surface area (Å²) in [6.07, 6.45) is 0. The quantitative estimate of drug-likeness (QED) is 0.736. The predicted molar refractivity (Wildman–Crippen MR) is 89.3 cm³/mol. The molecule has 0 aliphatic heterocycles. The lowest BCUT2D eigenvalue weighted by atomic mass is 10.1.